The average Bonchev–Trinajstić information content (AvgIpc) is 2.82. The summed E-state index contributed by atoms with van der Waals surface area (Å²) in [6, 6.07) is 3.76. The fraction of sp³-hybridized carbons (Fsp3) is 0.615. The molecule has 1 aliphatic rings. The minimum absolute atomic E-state index is 0.0307. The number of halogens is 1. The number of rotatable bonds is 5. The zero-order chi connectivity index (χ0) is 13.7. The number of likely N-dealkylation sites (tertiary alicyclic amines) is 1. The molecule has 0 saturated carbocycles. The van der Waals surface area contributed by atoms with Crippen LogP contribution >= 0.6 is 22.9 Å². The highest BCUT2D eigenvalue weighted by atomic mass is 35.5. The van der Waals surface area contributed by atoms with Gasteiger partial charge < -0.3 is 10.4 Å². The molecule has 1 unspecified atom stereocenters. The maximum Gasteiger partial charge on any atom is 0.234 e. The first-order valence-corrected chi connectivity index (χ1v) is 7.71. The van der Waals surface area contributed by atoms with Crippen molar-refractivity contribution in [3.05, 3.63) is 21.3 Å². The van der Waals surface area contributed by atoms with Crippen molar-refractivity contribution in [2.24, 2.45) is 5.92 Å². The van der Waals surface area contributed by atoms with Gasteiger partial charge in [0, 0.05) is 18.0 Å². The van der Waals surface area contributed by atoms with Crippen molar-refractivity contribution in [1.29, 1.82) is 0 Å². The van der Waals surface area contributed by atoms with E-state index >= 15 is 0 Å². The first kappa shape index (κ1) is 14.8. The first-order chi connectivity index (χ1) is 9.17. The van der Waals surface area contributed by atoms with Crippen LogP contribution in [-0.2, 0) is 11.3 Å². The second-order valence-corrected chi connectivity index (χ2v) is 6.71. The number of amides is 1. The minimum atomic E-state index is 0.0307. The normalized spacial score (nSPS) is 20.4. The van der Waals surface area contributed by atoms with Gasteiger partial charge in [0.2, 0.25) is 5.91 Å². The van der Waals surface area contributed by atoms with Gasteiger partial charge in [-0.05, 0) is 37.4 Å². The monoisotopic (exact) mass is 302 g/mol. The highest BCUT2D eigenvalue weighted by Gasteiger charge is 2.20. The molecule has 1 fully saturated rings. The number of piperidine rings is 1. The number of aliphatic hydroxyl groups excluding tert-OH is 1. The second kappa shape index (κ2) is 7.24. The van der Waals surface area contributed by atoms with E-state index in [9.17, 15) is 4.79 Å². The Hall–Kier alpha value is -0.620. The molecule has 0 spiro atoms. The lowest BCUT2D eigenvalue weighted by atomic mass is 9.99. The van der Waals surface area contributed by atoms with Gasteiger partial charge in [-0.2, -0.15) is 0 Å². The third-order valence-electron chi connectivity index (χ3n) is 3.32. The quantitative estimate of drug-likeness (QED) is 0.871. The van der Waals surface area contributed by atoms with Crippen LogP contribution in [0.15, 0.2) is 12.1 Å². The summed E-state index contributed by atoms with van der Waals surface area (Å²) in [4.78, 5) is 15.0. The fourth-order valence-corrected chi connectivity index (χ4v) is 3.36. The molecule has 1 atom stereocenters. The average molecular weight is 303 g/mol. The Kier molecular flexibility index (Phi) is 5.63. The summed E-state index contributed by atoms with van der Waals surface area (Å²) < 4.78 is 0.742. The Balaban J connectivity index is 1.72. The molecule has 19 heavy (non-hydrogen) atoms. The van der Waals surface area contributed by atoms with Crippen LogP contribution in [0.4, 0.5) is 0 Å². The number of nitrogens with zero attached hydrogens (tertiary/aromatic N) is 1. The van der Waals surface area contributed by atoms with Crippen LogP contribution in [0.2, 0.25) is 4.34 Å². The molecular weight excluding hydrogens is 284 g/mol. The van der Waals surface area contributed by atoms with Gasteiger partial charge in [0.25, 0.3) is 0 Å². The zero-order valence-corrected chi connectivity index (χ0v) is 12.3. The van der Waals surface area contributed by atoms with Crippen LogP contribution in [0, 0.1) is 5.92 Å². The zero-order valence-electron chi connectivity index (χ0n) is 10.8. The second-order valence-electron chi connectivity index (χ2n) is 4.91. The number of thiophene rings is 1. The molecular formula is C13H19ClN2O2S. The Morgan fingerprint density at radius 3 is 3.11 bits per heavy atom. The molecule has 2 N–H and O–H groups in total. The van der Waals surface area contributed by atoms with Crippen LogP contribution in [0.5, 0.6) is 0 Å². The lowest BCUT2D eigenvalue weighted by Gasteiger charge is -2.31. The van der Waals surface area contributed by atoms with E-state index in [1.54, 1.807) is 0 Å². The van der Waals surface area contributed by atoms with E-state index in [0.717, 1.165) is 35.1 Å². The van der Waals surface area contributed by atoms with E-state index in [-0.39, 0.29) is 12.5 Å². The molecule has 4 nitrogen and oxygen atoms in total. The van der Waals surface area contributed by atoms with E-state index in [1.807, 2.05) is 12.1 Å². The molecule has 1 amide bonds. The smallest absolute Gasteiger partial charge is 0.234 e. The molecule has 1 aromatic heterocycles. The van der Waals surface area contributed by atoms with Crippen molar-refractivity contribution in [2.75, 3.05) is 26.2 Å². The minimum Gasteiger partial charge on any atom is -0.396 e. The van der Waals surface area contributed by atoms with Gasteiger partial charge >= 0.3 is 0 Å². The lowest BCUT2D eigenvalue weighted by Crippen LogP contribution is -2.43. The van der Waals surface area contributed by atoms with Gasteiger partial charge in [0.15, 0.2) is 0 Å². The van der Waals surface area contributed by atoms with Crippen molar-refractivity contribution in [1.82, 2.24) is 10.2 Å². The van der Waals surface area contributed by atoms with Crippen molar-refractivity contribution in [3.8, 4) is 0 Å². The summed E-state index contributed by atoms with van der Waals surface area (Å²) >= 11 is 7.32. The van der Waals surface area contributed by atoms with E-state index in [4.69, 9.17) is 16.7 Å². The summed E-state index contributed by atoms with van der Waals surface area (Å²) in [6.07, 6.45) is 2.11. The molecule has 6 heteroatoms. The maximum absolute atomic E-state index is 11.8. The standard InChI is InChI=1S/C13H19ClN2O2S/c14-12-4-3-11(19-12)6-15-13(18)8-16-5-1-2-10(7-16)9-17/h3-4,10,17H,1-2,5-9H2,(H,15,18). The van der Waals surface area contributed by atoms with Crippen LogP contribution in [0.25, 0.3) is 0 Å². The van der Waals surface area contributed by atoms with Gasteiger partial charge in [-0.1, -0.05) is 11.6 Å². The lowest BCUT2D eigenvalue weighted by molar-refractivity contribution is -0.122. The molecule has 2 rings (SSSR count). The molecule has 0 radical (unpaired) electrons. The van der Waals surface area contributed by atoms with Crippen molar-refractivity contribution < 1.29 is 9.90 Å². The van der Waals surface area contributed by atoms with Gasteiger partial charge in [0.05, 0.1) is 17.4 Å². The number of hydrogen-bond acceptors (Lipinski definition) is 4. The topological polar surface area (TPSA) is 52.6 Å². The van der Waals surface area contributed by atoms with Gasteiger partial charge in [-0.3, -0.25) is 9.69 Å². The molecule has 0 bridgehead atoms. The summed E-state index contributed by atoms with van der Waals surface area (Å²) in [7, 11) is 0. The van der Waals surface area contributed by atoms with E-state index in [0.29, 0.717) is 19.0 Å². The summed E-state index contributed by atoms with van der Waals surface area (Å²) in [6.45, 7) is 2.92. The molecule has 1 saturated heterocycles. The van der Waals surface area contributed by atoms with E-state index < -0.39 is 0 Å². The SMILES string of the molecule is O=C(CN1CCCC(CO)C1)NCc1ccc(Cl)s1. The van der Waals surface area contributed by atoms with Crippen LogP contribution in [-0.4, -0.2) is 42.2 Å². The third-order valence-corrected chi connectivity index (χ3v) is 4.55. The number of carbonyl (C=O) groups is 1. The van der Waals surface area contributed by atoms with Gasteiger partial charge in [-0.15, -0.1) is 11.3 Å². The van der Waals surface area contributed by atoms with Crippen LogP contribution in [0.1, 0.15) is 17.7 Å². The van der Waals surface area contributed by atoms with Crippen molar-refractivity contribution >= 4 is 28.8 Å². The fourth-order valence-electron chi connectivity index (χ4n) is 2.34. The molecule has 0 aliphatic carbocycles. The van der Waals surface area contributed by atoms with Gasteiger partial charge in [0.1, 0.15) is 0 Å². The largest absolute Gasteiger partial charge is 0.396 e. The predicted octanol–water partition coefficient (Wildman–Crippen LogP) is 1.72. The molecule has 1 aliphatic heterocycles. The number of nitrogens with one attached hydrogen (secondary N) is 1. The maximum atomic E-state index is 11.8. The highest BCUT2D eigenvalue weighted by molar-refractivity contribution is 7.16. The summed E-state index contributed by atoms with van der Waals surface area (Å²) in [5.74, 6) is 0.348. The molecule has 0 aromatic carbocycles. The first-order valence-electron chi connectivity index (χ1n) is 6.51. The van der Waals surface area contributed by atoms with E-state index in [1.165, 1.54) is 11.3 Å². The Labute approximate surface area is 122 Å². The number of carbonyl (C=O) groups excluding carboxylic acids is 1. The Bertz CT molecular complexity index is 425. The Morgan fingerprint density at radius 2 is 2.42 bits per heavy atom. The van der Waals surface area contributed by atoms with Crippen molar-refractivity contribution in [3.63, 3.8) is 0 Å². The molecule has 2 heterocycles. The number of hydrogen-bond donors (Lipinski definition) is 2. The Morgan fingerprint density at radius 1 is 1.58 bits per heavy atom. The molecule has 1 aromatic rings. The summed E-state index contributed by atoms with van der Waals surface area (Å²) in [5.41, 5.74) is 0. The highest BCUT2D eigenvalue weighted by Crippen LogP contribution is 2.21. The van der Waals surface area contributed by atoms with Crippen LogP contribution < -0.4 is 5.32 Å². The van der Waals surface area contributed by atoms with E-state index in [2.05, 4.69) is 10.2 Å². The summed E-state index contributed by atoms with van der Waals surface area (Å²) in [5, 5.41) is 12.1. The predicted molar refractivity (Wildman–Crippen MR) is 77.4 cm³/mol. The molecule has 106 valence electrons. The van der Waals surface area contributed by atoms with Gasteiger partial charge in [-0.25, -0.2) is 0 Å². The third kappa shape index (κ3) is 4.76. The van der Waals surface area contributed by atoms with Crippen molar-refractivity contribution in [2.45, 2.75) is 19.4 Å². The van der Waals surface area contributed by atoms with Crippen LogP contribution in [0.3, 0.4) is 0 Å². The number of aliphatic hydroxyl groups is 1.